The van der Waals surface area contributed by atoms with Crippen molar-refractivity contribution in [2.24, 2.45) is 0 Å². The third-order valence-corrected chi connectivity index (χ3v) is 3.03. The molecule has 0 fully saturated rings. The van der Waals surface area contributed by atoms with Crippen molar-refractivity contribution >= 4 is 11.4 Å². The number of halogens is 3. The second kappa shape index (κ2) is 5.75. The van der Waals surface area contributed by atoms with Gasteiger partial charge >= 0.3 is 12.1 Å². The van der Waals surface area contributed by atoms with E-state index in [1.807, 2.05) is 31.2 Å². The molecule has 7 heteroatoms. The average molecular weight is 318 g/mol. The zero-order valence-electron chi connectivity index (χ0n) is 12.0. The number of aromatic nitrogens is 2. The van der Waals surface area contributed by atoms with E-state index < -0.39 is 12.1 Å². The Morgan fingerprint density at radius 2 is 2.00 bits per heavy atom. The molecule has 0 aliphatic rings. The lowest BCUT2D eigenvalue weighted by atomic mass is 10.1. The molecule has 0 aliphatic carbocycles. The largest absolute Gasteiger partial charge is 0.471 e. The van der Waals surface area contributed by atoms with Gasteiger partial charge in [-0.15, -0.1) is 0 Å². The molecule has 0 aliphatic heterocycles. The molecule has 1 N–H and O–H groups in total. The molecule has 3 rings (SSSR count). The van der Waals surface area contributed by atoms with Gasteiger partial charge in [0.1, 0.15) is 0 Å². The molecule has 23 heavy (non-hydrogen) atoms. The van der Waals surface area contributed by atoms with Crippen LogP contribution in [0.2, 0.25) is 0 Å². The van der Waals surface area contributed by atoms with Crippen LogP contribution in [0.5, 0.6) is 0 Å². The second-order valence-electron chi connectivity index (χ2n) is 4.91. The Bertz CT molecular complexity index is 827. The van der Waals surface area contributed by atoms with Gasteiger partial charge in [0.15, 0.2) is 0 Å². The number of alkyl halides is 3. The highest BCUT2D eigenvalue weighted by Crippen LogP contribution is 2.30. The van der Waals surface area contributed by atoms with Gasteiger partial charge in [-0.1, -0.05) is 29.4 Å². The Morgan fingerprint density at radius 1 is 1.17 bits per heavy atom. The number of aryl methyl sites for hydroxylation is 1. The molecule has 1 heterocycles. The van der Waals surface area contributed by atoms with Crippen LogP contribution in [0.25, 0.3) is 11.4 Å². The highest BCUT2D eigenvalue weighted by molar-refractivity contribution is 5.66. The number of rotatable bonds is 3. The zero-order valence-corrected chi connectivity index (χ0v) is 12.0. The number of benzene rings is 2. The summed E-state index contributed by atoms with van der Waals surface area (Å²) < 4.78 is 41.8. The van der Waals surface area contributed by atoms with E-state index in [1.165, 1.54) is 0 Å². The van der Waals surface area contributed by atoms with Crippen LogP contribution in [-0.4, -0.2) is 10.1 Å². The second-order valence-corrected chi connectivity index (χ2v) is 4.91. The normalized spacial score (nSPS) is 11.5. The van der Waals surface area contributed by atoms with E-state index in [4.69, 9.17) is 0 Å². The summed E-state index contributed by atoms with van der Waals surface area (Å²) in [4.78, 5) is 3.37. The summed E-state index contributed by atoms with van der Waals surface area (Å²) in [6.07, 6.45) is -4.66. The molecule has 117 valence electrons. The van der Waals surface area contributed by atoms with E-state index in [0.29, 0.717) is 11.3 Å². The molecule has 2 aromatic carbocycles. The Balaban J connectivity index is 1.86. The molecule has 0 saturated carbocycles. The van der Waals surface area contributed by atoms with Crippen LogP contribution in [0.3, 0.4) is 0 Å². The Morgan fingerprint density at radius 3 is 2.70 bits per heavy atom. The van der Waals surface area contributed by atoms with E-state index in [1.54, 1.807) is 18.2 Å². The Kier molecular flexibility index (Phi) is 3.77. The van der Waals surface area contributed by atoms with Crippen molar-refractivity contribution in [3.8, 4) is 11.4 Å². The Labute approximate surface area is 130 Å². The number of nitrogens with zero attached hydrogens (tertiary/aromatic N) is 2. The lowest BCUT2D eigenvalue weighted by Gasteiger charge is -2.07. The molecule has 0 saturated heterocycles. The standard InChI is InChI=1S/C16H11F3N3O/c1-10-4-2-6-12(8-10)20-13-7-3-5-11(9-13)14-21-15(23-22-14)16(17,18)19/h2-6,8-9,20H,1H3. The fraction of sp³-hybridized carbons (Fsp3) is 0.125. The smallest absolute Gasteiger partial charge is 0.355 e. The highest BCUT2D eigenvalue weighted by Gasteiger charge is 2.38. The first-order valence-electron chi connectivity index (χ1n) is 6.68. The lowest BCUT2D eigenvalue weighted by molar-refractivity contribution is -0.159. The fourth-order valence-corrected chi connectivity index (χ4v) is 2.01. The van der Waals surface area contributed by atoms with Crippen LogP contribution in [0.15, 0.2) is 47.0 Å². The summed E-state index contributed by atoms with van der Waals surface area (Å²) in [5.74, 6) is -1.49. The van der Waals surface area contributed by atoms with E-state index in [2.05, 4.69) is 26.0 Å². The van der Waals surface area contributed by atoms with Crippen molar-refractivity contribution in [1.82, 2.24) is 10.1 Å². The van der Waals surface area contributed by atoms with Gasteiger partial charge in [0.2, 0.25) is 5.82 Å². The summed E-state index contributed by atoms with van der Waals surface area (Å²) in [6, 6.07) is 15.4. The van der Waals surface area contributed by atoms with Crippen molar-refractivity contribution in [3.05, 3.63) is 60.0 Å². The molecule has 1 aromatic heterocycles. The van der Waals surface area contributed by atoms with Gasteiger partial charge in [-0.2, -0.15) is 18.2 Å². The molecule has 0 spiro atoms. The number of hydrogen-bond acceptors (Lipinski definition) is 4. The monoisotopic (exact) mass is 318 g/mol. The molecular weight excluding hydrogens is 307 g/mol. The van der Waals surface area contributed by atoms with Crippen LogP contribution >= 0.6 is 0 Å². The summed E-state index contributed by atoms with van der Waals surface area (Å²) in [7, 11) is 0. The maximum atomic E-state index is 12.5. The van der Waals surface area contributed by atoms with Gasteiger partial charge in [0.05, 0.1) is 0 Å². The van der Waals surface area contributed by atoms with Gasteiger partial charge in [-0.25, -0.2) is 0 Å². The van der Waals surface area contributed by atoms with Crippen molar-refractivity contribution in [1.29, 1.82) is 0 Å². The van der Waals surface area contributed by atoms with Crippen LogP contribution in [0.1, 0.15) is 11.5 Å². The highest BCUT2D eigenvalue weighted by atomic mass is 19.4. The van der Waals surface area contributed by atoms with Crippen molar-refractivity contribution in [2.45, 2.75) is 13.1 Å². The molecule has 0 bridgehead atoms. The summed E-state index contributed by atoms with van der Waals surface area (Å²) in [5.41, 5.74) is 2.92. The summed E-state index contributed by atoms with van der Waals surface area (Å²) >= 11 is 0. The minimum absolute atomic E-state index is 0.126. The number of anilines is 2. The van der Waals surface area contributed by atoms with E-state index >= 15 is 0 Å². The topological polar surface area (TPSA) is 51.0 Å². The maximum Gasteiger partial charge on any atom is 0.471 e. The quantitative estimate of drug-likeness (QED) is 0.766. The van der Waals surface area contributed by atoms with Gasteiger partial charge in [-0.05, 0) is 30.7 Å². The van der Waals surface area contributed by atoms with E-state index in [9.17, 15) is 13.2 Å². The van der Waals surface area contributed by atoms with Crippen LogP contribution in [-0.2, 0) is 6.18 Å². The van der Waals surface area contributed by atoms with Crippen LogP contribution in [0.4, 0.5) is 24.5 Å². The molecule has 3 aromatic rings. The maximum absolute atomic E-state index is 12.5. The zero-order chi connectivity index (χ0) is 16.4. The number of hydrogen-bond donors (Lipinski definition) is 1. The van der Waals surface area contributed by atoms with Crippen molar-refractivity contribution in [3.63, 3.8) is 0 Å². The van der Waals surface area contributed by atoms with Gasteiger partial charge in [0, 0.05) is 23.0 Å². The Hall–Kier alpha value is -2.83. The predicted octanol–water partition coefficient (Wildman–Crippen LogP) is 4.61. The predicted molar refractivity (Wildman–Crippen MR) is 78.0 cm³/mol. The fourth-order valence-electron chi connectivity index (χ4n) is 2.01. The molecule has 0 atom stereocenters. The molecule has 0 unspecified atom stereocenters. The molecule has 1 radical (unpaired) electrons. The molecule has 4 nitrogen and oxygen atoms in total. The van der Waals surface area contributed by atoms with Gasteiger partial charge in [0.25, 0.3) is 0 Å². The van der Waals surface area contributed by atoms with Gasteiger partial charge < -0.3 is 9.84 Å². The first kappa shape index (κ1) is 15.1. The van der Waals surface area contributed by atoms with Crippen molar-refractivity contribution < 1.29 is 17.7 Å². The van der Waals surface area contributed by atoms with Crippen LogP contribution < -0.4 is 5.32 Å². The van der Waals surface area contributed by atoms with Crippen molar-refractivity contribution in [2.75, 3.05) is 5.32 Å². The van der Waals surface area contributed by atoms with E-state index in [0.717, 1.165) is 11.3 Å². The lowest BCUT2D eigenvalue weighted by Crippen LogP contribution is -2.04. The third-order valence-electron chi connectivity index (χ3n) is 3.03. The molecular formula is C16H11F3N3O. The summed E-state index contributed by atoms with van der Waals surface area (Å²) in [6.45, 7) is 1.96. The summed E-state index contributed by atoms with van der Waals surface area (Å²) in [5, 5.41) is 6.50. The van der Waals surface area contributed by atoms with Gasteiger partial charge in [-0.3, -0.25) is 0 Å². The van der Waals surface area contributed by atoms with Crippen LogP contribution in [0, 0.1) is 13.0 Å². The minimum Gasteiger partial charge on any atom is -0.355 e. The minimum atomic E-state index is -4.66. The third kappa shape index (κ3) is 3.50. The van der Waals surface area contributed by atoms with E-state index in [-0.39, 0.29) is 5.82 Å². The first-order chi connectivity index (χ1) is 10.9. The number of nitrogens with one attached hydrogen (secondary N) is 1. The molecule has 0 amide bonds. The SMILES string of the molecule is Cc1cccc(Nc2[c]ccc(-c3noc(C(F)(F)F)n3)c2)c1. The first-order valence-corrected chi connectivity index (χ1v) is 6.68. The average Bonchev–Trinajstić information content (AvgIpc) is 2.97.